The molecule has 0 aromatic rings. The van der Waals surface area contributed by atoms with E-state index in [1.807, 2.05) is 0 Å². The van der Waals surface area contributed by atoms with Crippen LogP contribution in [0.3, 0.4) is 0 Å². The first-order chi connectivity index (χ1) is 4.70. The Hall–Kier alpha value is -0.250. The number of aliphatic carboxylic acids is 1. The Morgan fingerprint density at radius 2 is 2.40 bits per heavy atom. The molecule has 0 saturated carbocycles. The van der Waals surface area contributed by atoms with Gasteiger partial charge in [-0.3, -0.25) is 4.79 Å². The van der Waals surface area contributed by atoms with E-state index >= 15 is 0 Å². The number of rotatable bonds is 2. The molecule has 0 bridgehead atoms. The summed E-state index contributed by atoms with van der Waals surface area (Å²) >= 11 is 1.49. The SMILES string of the molecule is O=C(O)C[C@@H]1CSC[C@H]1F. The highest BCUT2D eigenvalue weighted by Crippen LogP contribution is 2.28. The summed E-state index contributed by atoms with van der Waals surface area (Å²) in [6.07, 6.45) is -0.921. The summed E-state index contributed by atoms with van der Waals surface area (Å²) in [7, 11) is 0. The summed E-state index contributed by atoms with van der Waals surface area (Å²) < 4.78 is 12.7. The predicted molar refractivity (Wildman–Crippen MR) is 38.0 cm³/mol. The van der Waals surface area contributed by atoms with Crippen molar-refractivity contribution in [2.75, 3.05) is 11.5 Å². The van der Waals surface area contributed by atoms with Gasteiger partial charge in [-0.15, -0.1) is 0 Å². The normalized spacial score (nSPS) is 32.5. The molecule has 0 aromatic carbocycles. The molecule has 1 rings (SSSR count). The molecule has 1 aliphatic rings. The first-order valence-corrected chi connectivity index (χ1v) is 4.29. The van der Waals surface area contributed by atoms with E-state index in [0.717, 1.165) is 0 Å². The molecule has 1 aliphatic heterocycles. The lowest BCUT2D eigenvalue weighted by Crippen LogP contribution is -2.16. The Balaban J connectivity index is 2.33. The summed E-state index contributed by atoms with van der Waals surface area (Å²) in [4.78, 5) is 10.1. The molecule has 0 unspecified atom stereocenters. The molecule has 2 nitrogen and oxygen atoms in total. The standard InChI is InChI=1S/C6H9FO2S/c7-5-3-10-2-4(5)1-6(8)9/h4-5H,1-3H2,(H,8,9)/t4-,5-/m1/s1. The van der Waals surface area contributed by atoms with Crippen LogP contribution in [0.25, 0.3) is 0 Å². The van der Waals surface area contributed by atoms with E-state index in [9.17, 15) is 9.18 Å². The first kappa shape index (κ1) is 7.85. The van der Waals surface area contributed by atoms with Crippen LogP contribution in [0.5, 0.6) is 0 Å². The summed E-state index contributed by atoms with van der Waals surface area (Å²) in [5, 5.41) is 8.32. The van der Waals surface area contributed by atoms with E-state index in [1.54, 1.807) is 0 Å². The van der Waals surface area contributed by atoms with Crippen LogP contribution < -0.4 is 0 Å². The predicted octanol–water partition coefficient (Wildman–Crippen LogP) is 1.16. The van der Waals surface area contributed by atoms with Gasteiger partial charge in [0.1, 0.15) is 6.17 Å². The van der Waals surface area contributed by atoms with Crippen LogP contribution >= 0.6 is 11.8 Å². The van der Waals surface area contributed by atoms with Gasteiger partial charge in [0.15, 0.2) is 0 Å². The Kier molecular flexibility index (Phi) is 2.54. The van der Waals surface area contributed by atoms with Gasteiger partial charge in [-0.25, -0.2) is 4.39 Å². The molecular formula is C6H9FO2S. The summed E-state index contributed by atoms with van der Waals surface area (Å²) in [6.45, 7) is 0. The van der Waals surface area contributed by atoms with Crippen LogP contribution in [0, 0.1) is 5.92 Å². The highest BCUT2D eigenvalue weighted by molar-refractivity contribution is 7.99. The minimum Gasteiger partial charge on any atom is -0.481 e. The lowest BCUT2D eigenvalue weighted by molar-refractivity contribution is -0.138. The van der Waals surface area contributed by atoms with Gasteiger partial charge >= 0.3 is 5.97 Å². The molecule has 58 valence electrons. The van der Waals surface area contributed by atoms with Crippen molar-refractivity contribution < 1.29 is 14.3 Å². The fourth-order valence-electron chi connectivity index (χ4n) is 0.984. The molecule has 0 aliphatic carbocycles. The highest BCUT2D eigenvalue weighted by Gasteiger charge is 2.29. The van der Waals surface area contributed by atoms with Crippen LogP contribution in [0.15, 0.2) is 0 Å². The van der Waals surface area contributed by atoms with Crippen molar-refractivity contribution in [3.05, 3.63) is 0 Å². The number of hydrogen-bond donors (Lipinski definition) is 1. The Labute approximate surface area is 62.8 Å². The van der Waals surface area contributed by atoms with E-state index in [4.69, 9.17) is 5.11 Å². The van der Waals surface area contributed by atoms with Crippen LogP contribution in [0.1, 0.15) is 6.42 Å². The van der Waals surface area contributed by atoms with Crippen molar-refractivity contribution in [1.82, 2.24) is 0 Å². The van der Waals surface area contributed by atoms with Crippen LogP contribution in [-0.2, 0) is 4.79 Å². The summed E-state index contributed by atoms with van der Waals surface area (Å²) in [5.74, 6) is -0.0107. The average molecular weight is 164 g/mol. The number of carboxylic acid groups (broad SMARTS) is 1. The second-order valence-electron chi connectivity index (χ2n) is 2.41. The van der Waals surface area contributed by atoms with Crippen molar-refractivity contribution in [3.8, 4) is 0 Å². The molecule has 1 saturated heterocycles. The lowest BCUT2D eigenvalue weighted by Gasteiger charge is -2.06. The van der Waals surface area contributed by atoms with Gasteiger partial charge in [-0.1, -0.05) is 0 Å². The minimum absolute atomic E-state index is 0.0197. The second-order valence-corrected chi connectivity index (χ2v) is 3.49. The number of alkyl halides is 1. The maximum Gasteiger partial charge on any atom is 0.303 e. The fraction of sp³-hybridized carbons (Fsp3) is 0.833. The molecular weight excluding hydrogens is 155 g/mol. The first-order valence-electron chi connectivity index (χ1n) is 3.13. The number of carbonyl (C=O) groups is 1. The molecule has 1 heterocycles. The zero-order chi connectivity index (χ0) is 7.56. The van der Waals surface area contributed by atoms with Crippen molar-refractivity contribution >= 4 is 17.7 Å². The van der Waals surface area contributed by atoms with Gasteiger partial charge in [0.25, 0.3) is 0 Å². The number of carboxylic acids is 1. The molecule has 0 amide bonds. The van der Waals surface area contributed by atoms with Crippen LogP contribution in [0.4, 0.5) is 4.39 Å². The zero-order valence-electron chi connectivity index (χ0n) is 5.42. The van der Waals surface area contributed by atoms with E-state index in [-0.39, 0.29) is 12.3 Å². The van der Waals surface area contributed by atoms with Gasteiger partial charge in [-0.2, -0.15) is 11.8 Å². The van der Waals surface area contributed by atoms with Crippen molar-refractivity contribution in [1.29, 1.82) is 0 Å². The van der Waals surface area contributed by atoms with Gasteiger partial charge in [0.05, 0.1) is 6.42 Å². The van der Waals surface area contributed by atoms with Gasteiger partial charge in [-0.05, 0) is 5.75 Å². The van der Waals surface area contributed by atoms with Crippen molar-refractivity contribution in [2.45, 2.75) is 12.6 Å². The fourth-order valence-corrected chi connectivity index (χ4v) is 2.25. The van der Waals surface area contributed by atoms with Gasteiger partial charge in [0.2, 0.25) is 0 Å². The number of hydrogen-bond acceptors (Lipinski definition) is 2. The highest BCUT2D eigenvalue weighted by atomic mass is 32.2. The van der Waals surface area contributed by atoms with Crippen LogP contribution in [-0.4, -0.2) is 28.8 Å². The third-order valence-electron chi connectivity index (χ3n) is 1.56. The third-order valence-corrected chi connectivity index (χ3v) is 2.78. The minimum atomic E-state index is -0.902. The molecule has 1 fully saturated rings. The Morgan fingerprint density at radius 3 is 2.80 bits per heavy atom. The number of thioether (sulfide) groups is 1. The summed E-state index contributed by atoms with van der Waals surface area (Å²) in [5.41, 5.74) is 0. The quantitative estimate of drug-likeness (QED) is 0.665. The molecule has 4 heteroatoms. The molecule has 0 radical (unpaired) electrons. The largest absolute Gasteiger partial charge is 0.481 e. The maximum absolute atomic E-state index is 12.7. The number of halogens is 1. The van der Waals surface area contributed by atoms with E-state index in [0.29, 0.717) is 11.5 Å². The molecule has 2 atom stereocenters. The van der Waals surface area contributed by atoms with Gasteiger partial charge in [0, 0.05) is 11.7 Å². The van der Waals surface area contributed by atoms with E-state index in [2.05, 4.69) is 0 Å². The van der Waals surface area contributed by atoms with Crippen molar-refractivity contribution in [2.24, 2.45) is 5.92 Å². The zero-order valence-corrected chi connectivity index (χ0v) is 6.23. The Bertz CT molecular complexity index is 140. The monoisotopic (exact) mass is 164 g/mol. The lowest BCUT2D eigenvalue weighted by atomic mass is 10.0. The smallest absolute Gasteiger partial charge is 0.303 e. The Morgan fingerprint density at radius 1 is 1.70 bits per heavy atom. The molecule has 10 heavy (non-hydrogen) atoms. The van der Waals surface area contributed by atoms with Gasteiger partial charge < -0.3 is 5.11 Å². The van der Waals surface area contributed by atoms with E-state index < -0.39 is 12.1 Å². The van der Waals surface area contributed by atoms with Crippen molar-refractivity contribution in [3.63, 3.8) is 0 Å². The molecule has 0 aromatic heterocycles. The summed E-state index contributed by atoms with van der Waals surface area (Å²) in [6, 6.07) is 0. The topological polar surface area (TPSA) is 37.3 Å². The van der Waals surface area contributed by atoms with Crippen LogP contribution in [0.2, 0.25) is 0 Å². The molecule has 1 N–H and O–H groups in total. The maximum atomic E-state index is 12.7. The molecule has 0 spiro atoms. The third kappa shape index (κ3) is 1.87. The second kappa shape index (κ2) is 3.23. The van der Waals surface area contributed by atoms with E-state index in [1.165, 1.54) is 11.8 Å². The average Bonchev–Trinajstić information content (AvgIpc) is 2.15.